The van der Waals surface area contributed by atoms with Crippen molar-refractivity contribution in [1.82, 2.24) is 0 Å². The third kappa shape index (κ3) is 13.8. The van der Waals surface area contributed by atoms with Gasteiger partial charge in [0.25, 0.3) is 0 Å². The lowest BCUT2D eigenvalue weighted by atomic mass is 10.1. The molecule has 1 aliphatic heterocycles. The number of carbonyl (C=O) groups excluding carboxylic acids is 3. The van der Waals surface area contributed by atoms with E-state index < -0.39 is 39.8 Å². The Balaban J connectivity index is 2.36. The maximum atomic E-state index is 12.3. The summed E-state index contributed by atoms with van der Waals surface area (Å²) in [5.41, 5.74) is 9.72. The molecule has 0 saturated heterocycles. The Morgan fingerprint density at radius 3 is 2.03 bits per heavy atom. The topological polar surface area (TPSA) is 156 Å². The van der Waals surface area contributed by atoms with E-state index in [4.69, 9.17) is 25.8 Å². The van der Waals surface area contributed by atoms with E-state index in [1.54, 1.807) is 26.2 Å². The zero-order valence-electron chi connectivity index (χ0n) is 22.5. The number of aliphatic imine (C=N–C) groups is 1. The molecule has 0 aliphatic carbocycles. The van der Waals surface area contributed by atoms with Gasteiger partial charge in [0.05, 0.1) is 12.1 Å². The van der Waals surface area contributed by atoms with Gasteiger partial charge in [-0.25, -0.2) is 14.6 Å². The maximum absolute atomic E-state index is 12.3. The van der Waals surface area contributed by atoms with Crippen molar-refractivity contribution in [2.45, 2.75) is 116 Å². The quantitative estimate of drug-likeness (QED) is 0.130. The van der Waals surface area contributed by atoms with Crippen molar-refractivity contribution in [3.05, 3.63) is 11.1 Å². The molecule has 1 unspecified atom stereocenters. The lowest BCUT2D eigenvalue weighted by Gasteiger charge is -2.26. The third-order valence-corrected chi connectivity index (χ3v) is 6.34. The van der Waals surface area contributed by atoms with Crippen molar-refractivity contribution >= 4 is 33.8 Å². The summed E-state index contributed by atoms with van der Waals surface area (Å²) in [5.74, 6) is -1.80. The first-order chi connectivity index (χ1) is 16.8. The maximum Gasteiger partial charge on any atom is 0.341 e. The van der Waals surface area contributed by atoms with Crippen LogP contribution in [0.2, 0.25) is 0 Å². The van der Waals surface area contributed by atoms with Gasteiger partial charge in [-0.1, -0.05) is 49.5 Å². The Hall–Kier alpha value is -2.11. The molecule has 0 radical (unpaired) electrons. The standard InChI is InChI=1S/C25H44N4O6S/c1-24(2,3)34-22(32)25(4,5)35-29-36-18-19(28-23(36)27)17-21(31)33-20(30)15-13-11-9-7-6-8-10-12-14-16-26/h18H,6-17,26H2,1-5H3,(H2,27,28). The fraction of sp³-hybridized carbons (Fsp3) is 0.760. The second-order valence-electron chi connectivity index (χ2n) is 10.3. The SMILES string of the molecule is CC(C)(C)OC(=O)C(C)(C)ON=S1C=C(CC(=O)OC(=O)CCCCCCCCCCCN)N=C1N. The molecule has 4 N–H and O–H groups in total. The van der Waals surface area contributed by atoms with Gasteiger partial charge in [-0.2, -0.15) is 0 Å². The van der Waals surface area contributed by atoms with Crippen LogP contribution >= 0.6 is 0 Å². The molecule has 206 valence electrons. The monoisotopic (exact) mass is 528 g/mol. The Kier molecular flexibility index (Phi) is 14.1. The number of nitrogens with two attached hydrogens (primary N) is 2. The first-order valence-electron chi connectivity index (χ1n) is 12.7. The number of carbonyl (C=O) groups is 3. The van der Waals surface area contributed by atoms with Crippen LogP contribution in [0.3, 0.4) is 0 Å². The molecule has 0 spiro atoms. The summed E-state index contributed by atoms with van der Waals surface area (Å²) in [4.78, 5) is 45.9. The molecule has 1 atom stereocenters. The number of hydrogen-bond acceptors (Lipinski definition) is 10. The molecule has 11 heteroatoms. The average molecular weight is 529 g/mol. The van der Waals surface area contributed by atoms with Gasteiger partial charge in [0.15, 0.2) is 10.8 Å². The van der Waals surface area contributed by atoms with Crippen molar-refractivity contribution in [3.8, 4) is 0 Å². The van der Waals surface area contributed by atoms with Crippen molar-refractivity contribution < 1.29 is 28.7 Å². The molecule has 0 fully saturated rings. The predicted molar refractivity (Wildman–Crippen MR) is 141 cm³/mol. The number of nitrogens with zero attached hydrogens (tertiary/aromatic N) is 2. The molecule has 1 rings (SSSR count). The minimum atomic E-state index is -1.33. The Bertz CT molecular complexity index is 846. The van der Waals surface area contributed by atoms with E-state index in [9.17, 15) is 14.4 Å². The molecule has 0 aromatic heterocycles. The van der Waals surface area contributed by atoms with Crippen LogP contribution in [-0.4, -0.2) is 40.8 Å². The molecule has 1 heterocycles. The van der Waals surface area contributed by atoms with Crippen LogP contribution in [0.5, 0.6) is 0 Å². The van der Waals surface area contributed by atoms with Crippen molar-refractivity contribution in [3.63, 3.8) is 0 Å². The molecular formula is C25H44N4O6S. The van der Waals surface area contributed by atoms with E-state index in [2.05, 4.69) is 9.52 Å². The summed E-state index contributed by atoms with van der Waals surface area (Å²) in [5, 5.41) is 1.70. The summed E-state index contributed by atoms with van der Waals surface area (Å²) in [7, 11) is -1.07. The second-order valence-corrected chi connectivity index (χ2v) is 11.7. The molecule has 0 bridgehead atoms. The molecule has 0 aromatic carbocycles. The zero-order valence-corrected chi connectivity index (χ0v) is 23.3. The van der Waals surface area contributed by atoms with Gasteiger partial charge in [0.1, 0.15) is 5.60 Å². The summed E-state index contributed by atoms with van der Waals surface area (Å²) < 4.78 is 14.2. The van der Waals surface area contributed by atoms with Crippen LogP contribution < -0.4 is 11.5 Å². The van der Waals surface area contributed by atoms with Crippen LogP contribution in [0, 0.1) is 0 Å². The molecule has 1 aliphatic rings. The highest BCUT2D eigenvalue weighted by atomic mass is 32.2. The Morgan fingerprint density at radius 2 is 1.47 bits per heavy atom. The Morgan fingerprint density at radius 1 is 0.917 bits per heavy atom. The molecular weight excluding hydrogens is 484 g/mol. The number of ether oxygens (including phenoxy) is 2. The van der Waals surface area contributed by atoms with E-state index in [1.807, 2.05) is 0 Å². The van der Waals surface area contributed by atoms with E-state index in [-0.39, 0.29) is 18.0 Å². The highest BCUT2D eigenvalue weighted by Crippen LogP contribution is 2.21. The van der Waals surface area contributed by atoms with Crippen LogP contribution in [0.4, 0.5) is 0 Å². The van der Waals surface area contributed by atoms with Gasteiger partial charge in [-0.05, 0) is 54.0 Å². The van der Waals surface area contributed by atoms with Gasteiger partial charge in [0.2, 0.25) is 0 Å². The van der Waals surface area contributed by atoms with E-state index >= 15 is 0 Å². The van der Waals surface area contributed by atoms with Gasteiger partial charge in [-0.15, -0.1) is 0 Å². The molecule has 36 heavy (non-hydrogen) atoms. The van der Waals surface area contributed by atoms with Gasteiger partial charge >= 0.3 is 17.9 Å². The van der Waals surface area contributed by atoms with Gasteiger partial charge in [0, 0.05) is 22.5 Å². The first-order valence-corrected chi connectivity index (χ1v) is 13.9. The molecule has 0 amide bonds. The average Bonchev–Trinajstić information content (AvgIpc) is 3.11. The minimum Gasteiger partial charge on any atom is -0.458 e. The van der Waals surface area contributed by atoms with Crippen molar-refractivity contribution in [2.75, 3.05) is 6.54 Å². The van der Waals surface area contributed by atoms with Crippen molar-refractivity contribution in [2.24, 2.45) is 21.0 Å². The third-order valence-electron chi connectivity index (χ3n) is 5.09. The summed E-state index contributed by atoms with van der Waals surface area (Å²) in [6.45, 7) is 9.11. The number of hydrogen-bond donors (Lipinski definition) is 2. The van der Waals surface area contributed by atoms with Gasteiger partial charge < -0.3 is 20.9 Å². The Labute approximate surface area is 217 Å². The number of rotatable bonds is 16. The second kappa shape index (κ2) is 15.9. The highest BCUT2D eigenvalue weighted by Gasteiger charge is 2.35. The fourth-order valence-electron chi connectivity index (χ4n) is 3.13. The van der Waals surface area contributed by atoms with Crippen molar-refractivity contribution in [1.29, 1.82) is 0 Å². The summed E-state index contributed by atoms with van der Waals surface area (Å²) >= 11 is 0. The first kappa shape index (κ1) is 31.9. The highest BCUT2D eigenvalue weighted by molar-refractivity contribution is 8.05. The van der Waals surface area contributed by atoms with E-state index in [0.717, 1.165) is 32.2 Å². The number of amidine groups is 1. The summed E-state index contributed by atoms with van der Waals surface area (Å²) in [6.07, 6.45) is 9.79. The van der Waals surface area contributed by atoms with E-state index in [0.29, 0.717) is 12.1 Å². The number of unbranched alkanes of at least 4 members (excludes halogenated alkanes) is 8. The molecule has 0 saturated carbocycles. The lowest BCUT2D eigenvalue weighted by molar-refractivity contribution is -0.179. The fourth-order valence-corrected chi connectivity index (χ4v) is 4.24. The smallest absolute Gasteiger partial charge is 0.341 e. The van der Waals surface area contributed by atoms with Crippen LogP contribution in [-0.2, 0) is 39.4 Å². The van der Waals surface area contributed by atoms with Crippen LogP contribution in [0.25, 0.3) is 0 Å². The number of esters is 3. The van der Waals surface area contributed by atoms with Crippen LogP contribution in [0.1, 0.15) is 105 Å². The molecule has 0 aromatic rings. The van der Waals surface area contributed by atoms with Gasteiger partial charge in [-0.3, -0.25) is 9.59 Å². The normalized spacial score (nSPS) is 16.0. The molecule has 10 nitrogen and oxygen atoms in total. The summed E-state index contributed by atoms with van der Waals surface area (Å²) in [6, 6.07) is 0. The zero-order chi connectivity index (χ0) is 27.2. The lowest BCUT2D eigenvalue weighted by Crippen LogP contribution is -2.40. The van der Waals surface area contributed by atoms with Crippen LogP contribution in [0.15, 0.2) is 20.6 Å². The largest absolute Gasteiger partial charge is 0.458 e. The predicted octanol–water partition coefficient (Wildman–Crippen LogP) is 4.33. The van der Waals surface area contributed by atoms with E-state index in [1.165, 1.54) is 39.5 Å². The minimum absolute atomic E-state index is 0.142.